The molecule has 1 aliphatic rings. The molecule has 0 radical (unpaired) electrons. The van der Waals surface area contributed by atoms with Gasteiger partial charge < -0.3 is 5.32 Å². The van der Waals surface area contributed by atoms with Crippen molar-refractivity contribution in [3.05, 3.63) is 52.9 Å². The fourth-order valence-electron chi connectivity index (χ4n) is 3.55. The number of nitrogens with zero attached hydrogens (tertiary/aromatic N) is 5. The van der Waals surface area contributed by atoms with Gasteiger partial charge in [0.25, 0.3) is 0 Å². The SMILES string of the molecule is CCn1cc(CN2CCCC2c2cccc(Nc3nccs3)n2)c(C)n1. The summed E-state index contributed by atoms with van der Waals surface area (Å²) in [5.41, 5.74) is 3.57. The first kappa shape index (κ1) is 17.2. The van der Waals surface area contributed by atoms with Crippen LogP contribution in [-0.4, -0.2) is 31.2 Å². The van der Waals surface area contributed by atoms with Crippen molar-refractivity contribution in [2.75, 3.05) is 11.9 Å². The largest absolute Gasteiger partial charge is 0.316 e. The third-order valence-corrected chi connectivity index (χ3v) is 5.58. The van der Waals surface area contributed by atoms with Crippen LogP contribution in [0.2, 0.25) is 0 Å². The zero-order valence-corrected chi connectivity index (χ0v) is 16.0. The number of aromatic nitrogens is 4. The Bertz CT molecular complexity index is 857. The Kier molecular flexibility index (Phi) is 4.99. The molecule has 1 unspecified atom stereocenters. The van der Waals surface area contributed by atoms with E-state index in [1.54, 1.807) is 17.5 Å². The number of likely N-dealkylation sites (tertiary alicyclic amines) is 1. The number of anilines is 2. The highest BCUT2D eigenvalue weighted by Crippen LogP contribution is 2.33. The van der Waals surface area contributed by atoms with Gasteiger partial charge in [-0.05, 0) is 45.4 Å². The van der Waals surface area contributed by atoms with Crippen LogP contribution >= 0.6 is 11.3 Å². The lowest BCUT2D eigenvalue weighted by atomic mass is 10.1. The lowest BCUT2D eigenvalue weighted by Gasteiger charge is -2.24. The average molecular weight is 369 g/mol. The molecule has 4 rings (SSSR count). The van der Waals surface area contributed by atoms with Gasteiger partial charge in [-0.2, -0.15) is 5.10 Å². The van der Waals surface area contributed by atoms with Crippen molar-refractivity contribution < 1.29 is 0 Å². The summed E-state index contributed by atoms with van der Waals surface area (Å²) in [6, 6.07) is 6.57. The Morgan fingerprint density at radius 2 is 2.27 bits per heavy atom. The Balaban J connectivity index is 1.51. The van der Waals surface area contributed by atoms with E-state index in [1.807, 2.05) is 16.1 Å². The maximum atomic E-state index is 4.86. The monoisotopic (exact) mass is 368 g/mol. The second kappa shape index (κ2) is 7.55. The summed E-state index contributed by atoms with van der Waals surface area (Å²) in [6.07, 6.45) is 6.33. The molecule has 4 heterocycles. The van der Waals surface area contributed by atoms with Gasteiger partial charge in [-0.25, -0.2) is 9.97 Å². The predicted molar refractivity (Wildman–Crippen MR) is 105 cm³/mol. The number of rotatable bonds is 6. The summed E-state index contributed by atoms with van der Waals surface area (Å²) in [5, 5.41) is 10.7. The van der Waals surface area contributed by atoms with Crippen molar-refractivity contribution in [3.63, 3.8) is 0 Å². The number of thiazole rings is 1. The molecule has 0 saturated carbocycles. The second-order valence-corrected chi connectivity index (χ2v) is 7.53. The van der Waals surface area contributed by atoms with E-state index in [0.717, 1.165) is 48.4 Å². The Hall–Kier alpha value is -2.25. The number of hydrogen-bond acceptors (Lipinski definition) is 6. The fourth-order valence-corrected chi connectivity index (χ4v) is 4.08. The molecule has 136 valence electrons. The van der Waals surface area contributed by atoms with Gasteiger partial charge in [0.15, 0.2) is 5.13 Å². The van der Waals surface area contributed by atoms with E-state index in [0.29, 0.717) is 6.04 Å². The highest BCUT2D eigenvalue weighted by molar-refractivity contribution is 7.13. The molecule has 0 aromatic carbocycles. The molecule has 1 fully saturated rings. The summed E-state index contributed by atoms with van der Waals surface area (Å²) >= 11 is 1.58. The van der Waals surface area contributed by atoms with Crippen LogP contribution in [0.1, 0.15) is 42.8 Å². The molecule has 0 bridgehead atoms. The Morgan fingerprint density at radius 3 is 3.04 bits per heavy atom. The quantitative estimate of drug-likeness (QED) is 0.708. The van der Waals surface area contributed by atoms with E-state index in [-0.39, 0.29) is 0 Å². The van der Waals surface area contributed by atoms with E-state index in [2.05, 4.69) is 52.5 Å². The molecule has 0 amide bonds. The van der Waals surface area contributed by atoms with E-state index >= 15 is 0 Å². The summed E-state index contributed by atoms with van der Waals surface area (Å²) in [4.78, 5) is 11.7. The van der Waals surface area contributed by atoms with Gasteiger partial charge >= 0.3 is 0 Å². The molecule has 6 nitrogen and oxygen atoms in total. The van der Waals surface area contributed by atoms with Gasteiger partial charge in [0.1, 0.15) is 5.82 Å². The first-order valence-electron chi connectivity index (χ1n) is 9.13. The maximum absolute atomic E-state index is 4.86. The van der Waals surface area contributed by atoms with Gasteiger partial charge in [0, 0.05) is 36.4 Å². The Labute approximate surface area is 157 Å². The first-order valence-corrected chi connectivity index (χ1v) is 10.0. The summed E-state index contributed by atoms with van der Waals surface area (Å²) < 4.78 is 2.02. The topological polar surface area (TPSA) is 58.9 Å². The second-order valence-electron chi connectivity index (χ2n) is 6.63. The van der Waals surface area contributed by atoms with Crippen molar-refractivity contribution >= 4 is 22.3 Å². The fraction of sp³-hybridized carbons (Fsp3) is 0.421. The lowest BCUT2D eigenvalue weighted by molar-refractivity contribution is 0.244. The van der Waals surface area contributed by atoms with E-state index < -0.39 is 0 Å². The minimum absolute atomic E-state index is 0.359. The normalized spacial score (nSPS) is 17.7. The number of pyridine rings is 1. The Morgan fingerprint density at radius 1 is 1.35 bits per heavy atom. The number of nitrogens with one attached hydrogen (secondary N) is 1. The van der Waals surface area contributed by atoms with Gasteiger partial charge in [-0.1, -0.05) is 6.07 Å². The van der Waals surface area contributed by atoms with Gasteiger partial charge in [0.2, 0.25) is 0 Å². The zero-order chi connectivity index (χ0) is 17.9. The van der Waals surface area contributed by atoms with Crippen LogP contribution in [0.5, 0.6) is 0 Å². The van der Waals surface area contributed by atoms with Crippen LogP contribution in [-0.2, 0) is 13.1 Å². The molecule has 0 spiro atoms. The standard InChI is InChI=1S/C19H24N6S/c1-3-25-13-15(14(2)23-25)12-24-10-5-7-17(24)16-6-4-8-18(21-16)22-19-20-9-11-26-19/h4,6,8-9,11,13,17H,3,5,7,10,12H2,1-2H3,(H,20,21,22). The van der Waals surface area contributed by atoms with Gasteiger partial charge in [-0.3, -0.25) is 9.58 Å². The molecular weight excluding hydrogens is 344 g/mol. The average Bonchev–Trinajstić information content (AvgIpc) is 3.38. The molecule has 3 aromatic rings. The van der Waals surface area contributed by atoms with E-state index in [1.165, 1.54) is 12.0 Å². The molecule has 3 aromatic heterocycles. The lowest BCUT2D eigenvalue weighted by Crippen LogP contribution is -2.23. The number of hydrogen-bond donors (Lipinski definition) is 1. The first-order chi connectivity index (χ1) is 12.7. The van der Waals surface area contributed by atoms with Crippen LogP contribution in [0, 0.1) is 6.92 Å². The van der Waals surface area contributed by atoms with Crippen LogP contribution in [0.25, 0.3) is 0 Å². The molecule has 26 heavy (non-hydrogen) atoms. The van der Waals surface area contributed by atoms with Crippen LogP contribution in [0.4, 0.5) is 10.9 Å². The highest BCUT2D eigenvalue weighted by atomic mass is 32.1. The van der Waals surface area contributed by atoms with Crippen LogP contribution in [0.3, 0.4) is 0 Å². The van der Waals surface area contributed by atoms with Crippen molar-refractivity contribution in [2.45, 2.75) is 45.8 Å². The minimum atomic E-state index is 0.359. The highest BCUT2D eigenvalue weighted by Gasteiger charge is 2.28. The maximum Gasteiger partial charge on any atom is 0.188 e. The van der Waals surface area contributed by atoms with Crippen molar-refractivity contribution in [1.82, 2.24) is 24.6 Å². The summed E-state index contributed by atoms with van der Waals surface area (Å²) in [6.45, 7) is 7.18. The smallest absolute Gasteiger partial charge is 0.188 e. The minimum Gasteiger partial charge on any atom is -0.316 e. The molecule has 7 heteroatoms. The van der Waals surface area contributed by atoms with E-state index in [4.69, 9.17) is 4.98 Å². The molecule has 1 atom stereocenters. The molecular formula is C19H24N6S. The van der Waals surface area contributed by atoms with Gasteiger partial charge in [-0.15, -0.1) is 11.3 Å². The van der Waals surface area contributed by atoms with Crippen molar-refractivity contribution in [3.8, 4) is 0 Å². The zero-order valence-electron chi connectivity index (χ0n) is 15.2. The van der Waals surface area contributed by atoms with E-state index in [9.17, 15) is 0 Å². The summed E-state index contributed by atoms with van der Waals surface area (Å²) in [7, 11) is 0. The van der Waals surface area contributed by atoms with Crippen molar-refractivity contribution in [2.24, 2.45) is 0 Å². The predicted octanol–water partition coefficient (Wildman–Crippen LogP) is 4.14. The van der Waals surface area contributed by atoms with Crippen LogP contribution in [0.15, 0.2) is 36.0 Å². The van der Waals surface area contributed by atoms with Crippen LogP contribution < -0.4 is 5.32 Å². The number of aryl methyl sites for hydroxylation is 2. The van der Waals surface area contributed by atoms with Crippen molar-refractivity contribution in [1.29, 1.82) is 0 Å². The summed E-state index contributed by atoms with van der Waals surface area (Å²) in [5.74, 6) is 0.860. The molecule has 0 aliphatic carbocycles. The molecule has 1 aliphatic heterocycles. The third kappa shape index (κ3) is 3.64. The van der Waals surface area contributed by atoms with Gasteiger partial charge in [0.05, 0.1) is 17.4 Å². The molecule has 1 N–H and O–H groups in total. The molecule has 1 saturated heterocycles. The third-order valence-electron chi connectivity index (χ3n) is 4.89.